The maximum absolute atomic E-state index is 12.6. The Morgan fingerprint density at radius 1 is 1.05 bits per heavy atom. The highest BCUT2D eigenvalue weighted by Crippen LogP contribution is 2.34. The Hall–Kier alpha value is -1.39. The van der Waals surface area contributed by atoms with Crippen LogP contribution in [0.2, 0.25) is 0 Å². The number of alkyl halides is 3. The van der Waals surface area contributed by atoms with E-state index in [0.717, 1.165) is 50.9 Å². The van der Waals surface area contributed by atoms with E-state index in [4.69, 9.17) is 5.73 Å². The second kappa shape index (κ2) is 7.41. The average molecular weight is 288 g/mol. The van der Waals surface area contributed by atoms with Crippen LogP contribution >= 0.6 is 0 Å². The molecule has 0 unspecified atom stereocenters. The minimum absolute atomic E-state index is 0.201. The van der Waals surface area contributed by atoms with Gasteiger partial charge in [-0.1, -0.05) is 26.7 Å². The standard InChI is InChI=1S/C15H23F3N2/c1-3-5-9-20(10-6-4-2)14-8-7-12(11-13(14)19)15(16,17)18/h7-8,11H,3-6,9-10,19H2,1-2H3. The third-order valence-corrected chi connectivity index (χ3v) is 3.26. The molecule has 1 aromatic carbocycles. The molecule has 0 aliphatic heterocycles. The maximum atomic E-state index is 12.6. The van der Waals surface area contributed by atoms with Crippen molar-refractivity contribution >= 4 is 11.4 Å². The van der Waals surface area contributed by atoms with Crippen molar-refractivity contribution < 1.29 is 13.2 Å². The van der Waals surface area contributed by atoms with Gasteiger partial charge >= 0.3 is 6.18 Å². The minimum Gasteiger partial charge on any atom is -0.397 e. The van der Waals surface area contributed by atoms with Gasteiger partial charge in [-0.05, 0) is 31.0 Å². The topological polar surface area (TPSA) is 29.3 Å². The van der Waals surface area contributed by atoms with Crippen LogP contribution in [0.4, 0.5) is 24.5 Å². The largest absolute Gasteiger partial charge is 0.416 e. The van der Waals surface area contributed by atoms with Crippen molar-refractivity contribution in [1.82, 2.24) is 0 Å². The second-order valence-corrected chi connectivity index (χ2v) is 4.97. The van der Waals surface area contributed by atoms with Crippen LogP contribution in [0.1, 0.15) is 45.1 Å². The molecule has 2 nitrogen and oxygen atoms in total. The molecule has 0 fully saturated rings. The lowest BCUT2D eigenvalue weighted by Gasteiger charge is -2.26. The van der Waals surface area contributed by atoms with Crippen molar-refractivity contribution in [2.24, 2.45) is 0 Å². The number of hydrogen-bond acceptors (Lipinski definition) is 2. The quantitative estimate of drug-likeness (QED) is 0.737. The SMILES string of the molecule is CCCCN(CCCC)c1ccc(C(F)(F)F)cc1N. The fraction of sp³-hybridized carbons (Fsp3) is 0.600. The molecule has 0 aliphatic rings. The van der Waals surface area contributed by atoms with Gasteiger partial charge in [0.2, 0.25) is 0 Å². The first kappa shape index (κ1) is 16.7. The van der Waals surface area contributed by atoms with Gasteiger partial charge in [-0.25, -0.2) is 0 Å². The molecule has 0 spiro atoms. The van der Waals surface area contributed by atoms with Gasteiger partial charge in [-0.2, -0.15) is 13.2 Å². The van der Waals surface area contributed by atoms with E-state index in [9.17, 15) is 13.2 Å². The third-order valence-electron chi connectivity index (χ3n) is 3.26. The fourth-order valence-corrected chi connectivity index (χ4v) is 2.07. The van der Waals surface area contributed by atoms with Crippen LogP contribution in [0.5, 0.6) is 0 Å². The first-order valence-corrected chi connectivity index (χ1v) is 7.11. The highest BCUT2D eigenvalue weighted by molar-refractivity contribution is 5.68. The number of halogens is 3. The van der Waals surface area contributed by atoms with Crippen LogP contribution in [-0.2, 0) is 6.18 Å². The maximum Gasteiger partial charge on any atom is 0.416 e. The number of unbranched alkanes of at least 4 members (excludes halogenated alkanes) is 2. The van der Waals surface area contributed by atoms with E-state index >= 15 is 0 Å². The summed E-state index contributed by atoms with van der Waals surface area (Å²) in [5.41, 5.74) is 6.04. The van der Waals surface area contributed by atoms with Crippen LogP contribution in [0.15, 0.2) is 18.2 Å². The number of nitrogen functional groups attached to an aromatic ring is 1. The predicted octanol–water partition coefficient (Wildman–Crippen LogP) is 4.69. The van der Waals surface area contributed by atoms with Crippen molar-refractivity contribution in [3.8, 4) is 0 Å². The Morgan fingerprint density at radius 3 is 2.00 bits per heavy atom. The monoisotopic (exact) mass is 288 g/mol. The van der Waals surface area contributed by atoms with Gasteiger partial charge in [0, 0.05) is 13.1 Å². The normalized spacial score (nSPS) is 11.7. The summed E-state index contributed by atoms with van der Waals surface area (Å²) in [5.74, 6) is 0. The second-order valence-electron chi connectivity index (χ2n) is 4.97. The Bertz CT molecular complexity index is 408. The third kappa shape index (κ3) is 4.62. The van der Waals surface area contributed by atoms with E-state index in [1.54, 1.807) is 0 Å². The van der Waals surface area contributed by atoms with Crippen molar-refractivity contribution in [2.75, 3.05) is 23.7 Å². The van der Waals surface area contributed by atoms with Crippen molar-refractivity contribution in [2.45, 2.75) is 45.7 Å². The Balaban J connectivity index is 2.95. The van der Waals surface area contributed by atoms with Crippen LogP contribution in [0.3, 0.4) is 0 Å². The van der Waals surface area contributed by atoms with Gasteiger partial charge in [-0.15, -0.1) is 0 Å². The zero-order chi connectivity index (χ0) is 15.2. The average Bonchev–Trinajstić information content (AvgIpc) is 2.38. The highest BCUT2D eigenvalue weighted by Gasteiger charge is 2.31. The van der Waals surface area contributed by atoms with Gasteiger partial charge in [0.25, 0.3) is 0 Å². The van der Waals surface area contributed by atoms with Crippen molar-refractivity contribution in [1.29, 1.82) is 0 Å². The molecule has 0 saturated carbocycles. The molecule has 0 amide bonds. The molecule has 20 heavy (non-hydrogen) atoms. The summed E-state index contributed by atoms with van der Waals surface area (Å²) < 4.78 is 37.9. The molecule has 1 aromatic rings. The van der Waals surface area contributed by atoms with E-state index in [1.807, 2.05) is 0 Å². The lowest BCUT2D eigenvalue weighted by atomic mass is 10.1. The molecule has 0 atom stereocenters. The van der Waals surface area contributed by atoms with E-state index in [-0.39, 0.29) is 5.69 Å². The molecule has 0 bridgehead atoms. The van der Waals surface area contributed by atoms with Crippen LogP contribution in [-0.4, -0.2) is 13.1 Å². The number of hydrogen-bond donors (Lipinski definition) is 1. The van der Waals surface area contributed by atoms with Gasteiger partial charge < -0.3 is 10.6 Å². The van der Waals surface area contributed by atoms with E-state index in [2.05, 4.69) is 18.7 Å². The summed E-state index contributed by atoms with van der Waals surface area (Å²) in [7, 11) is 0. The molecule has 114 valence electrons. The smallest absolute Gasteiger partial charge is 0.397 e. The molecule has 0 radical (unpaired) electrons. The Morgan fingerprint density at radius 2 is 1.60 bits per heavy atom. The molecule has 0 aromatic heterocycles. The van der Waals surface area contributed by atoms with Crippen LogP contribution in [0, 0.1) is 0 Å². The summed E-state index contributed by atoms with van der Waals surface area (Å²) in [4.78, 5) is 2.09. The van der Waals surface area contributed by atoms with E-state index in [0.29, 0.717) is 5.69 Å². The van der Waals surface area contributed by atoms with Gasteiger partial charge in [-0.3, -0.25) is 0 Å². The molecule has 1 rings (SSSR count). The first-order chi connectivity index (χ1) is 9.40. The lowest BCUT2D eigenvalue weighted by Crippen LogP contribution is -2.26. The predicted molar refractivity (Wildman–Crippen MR) is 77.9 cm³/mol. The van der Waals surface area contributed by atoms with Crippen molar-refractivity contribution in [3.63, 3.8) is 0 Å². The van der Waals surface area contributed by atoms with Gasteiger partial charge in [0.15, 0.2) is 0 Å². The molecule has 0 aliphatic carbocycles. The lowest BCUT2D eigenvalue weighted by molar-refractivity contribution is -0.137. The number of benzene rings is 1. The summed E-state index contributed by atoms with van der Waals surface area (Å²) >= 11 is 0. The Kier molecular flexibility index (Phi) is 6.17. The number of rotatable bonds is 7. The molecule has 0 heterocycles. The van der Waals surface area contributed by atoms with Crippen LogP contribution < -0.4 is 10.6 Å². The van der Waals surface area contributed by atoms with Gasteiger partial charge in [0.1, 0.15) is 0 Å². The molecular weight excluding hydrogens is 265 g/mol. The molecule has 5 heteroatoms. The zero-order valence-electron chi connectivity index (χ0n) is 12.1. The molecule has 2 N–H and O–H groups in total. The summed E-state index contributed by atoms with van der Waals surface area (Å²) in [6, 6.07) is 3.63. The highest BCUT2D eigenvalue weighted by atomic mass is 19.4. The van der Waals surface area contributed by atoms with Crippen molar-refractivity contribution in [3.05, 3.63) is 23.8 Å². The summed E-state index contributed by atoms with van der Waals surface area (Å²) in [6.07, 6.45) is -0.245. The summed E-state index contributed by atoms with van der Waals surface area (Å²) in [6.45, 7) is 5.83. The number of nitrogens with two attached hydrogens (primary N) is 1. The molecular formula is C15H23F3N2. The fourth-order valence-electron chi connectivity index (χ4n) is 2.07. The number of anilines is 2. The first-order valence-electron chi connectivity index (χ1n) is 7.11. The van der Waals surface area contributed by atoms with Gasteiger partial charge in [0.05, 0.1) is 16.9 Å². The zero-order valence-corrected chi connectivity index (χ0v) is 12.1. The molecule has 0 saturated heterocycles. The minimum atomic E-state index is -4.34. The van der Waals surface area contributed by atoms with Crippen LogP contribution in [0.25, 0.3) is 0 Å². The van der Waals surface area contributed by atoms with E-state index < -0.39 is 11.7 Å². The summed E-state index contributed by atoms with van der Waals surface area (Å²) in [5, 5.41) is 0. The van der Waals surface area contributed by atoms with E-state index in [1.165, 1.54) is 6.07 Å². The Labute approximate surface area is 118 Å². The number of nitrogens with zero attached hydrogens (tertiary/aromatic N) is 1.